The molecular weight excluding hydrogens is 347 g/mol. The lowest BCUT2D eigenvalue weighted by atomic mass is 10.1. The number of halogens is 3. The molecule has 0 spiro atoms. The lowest BCUT2D eigenvalue weighted by Crippen LogP contribution is -2.05. The first-order valence-corrected chi connectivity index (χ1v) is 7.59. The standard InChI is InChI=1S/C16H13Cl3O3/c1-21-16(20)11-3-5-13(18)15(8-11)22-7-6-10-2-4-12(17)9-14(10)19/h2-5,8-9H,6-7H2,1H3. The SMILES string of the molecule is COC(=O)c1ccc(Cl)c(OCCc2ccc(Cl)cc2Cl)c1. The monoisotopic (exact) mass is 358 g/mol. The van der Waals surface area contributed by atoms with Crippen LogP contribution < -0.4 is 4.74 Å². The molecule has 2 aromatic carbocycles. The number of carbonyl (C=O) groups excluding carboxylic acids is 1. The Morgan fingerprint density at radius 1 is 1.05 bits per heavy atom. The van der Waals surface area contributed by atoms with Gasteiger partial charge in [0.2, 0.25) is 0 Å². The first-order valence-electron chi connectivity index (χ1n) is 6.46. The molecule has 0 aromatic heterocycles. The van der Waals surface area contributed by atoms with Crippen LogP contribution in [-0.4, -0.2) is 19.7 Å². The van der Waals surface area contributed by atoms with Gasteiger partial charge in [-0.15, -0.1) is 0 Å². The maximum Gasteiger partial charge on any atom is 0.337 e. The summed E-state index contributed by atoms with van der Waals surface area (Å²) in [6.45, 7) is 0.367. The summed E-state index contributed by atoms with van der Waals surface area (Å²) in [5, 5.41) is 1.60. The molecule has 6 heteroatoms. The molecule has 0 aliphatic rings. The topological polar surface area (TPSA) is 35.5 Å². The van der Waals surface area contributed by atoms with Gasteiger partial charge in [-0.3, -0.25) is 0 Å². The molecule has 0 saturated carbocycles. The average Bonchev–Trinajstić information content (AvgIpc) is 2.50. The average molecular weight is 360 g/mol. The first kappa shape index (κ1) is 16.9. The Hall–Kier alpha value is -1.42. The minimum Gasteiger partial charge on any atom is -0.492 e. The summed E-state index contributed by atoms with van der Waals surface area (Å²) in [4.78, 5) is 11.5. The van der Waals surface area contributed by atoms with E-state index >= 15 is 0 Å². The quantitative estimate of drug-likeness (QED) is 0.700. The van der Waals surface area contributed by atoms with E-state index in [1.165, 1.54) is 7.11 Å². The third-order valence-corrected chi connectivity index (χ3v) is 3.90. The minimum absolute atomic E-state index is 0.367. The van der Waals surface area contributed by atoms with E-state index in [1.54, 1.807) is 30.3 Å². The third-order valence-electron chi connectivity index (χ3n) is 3.00. The summed E-state index contributed by atoms with van der Waals surface area (Å²) in [5.74, 6) is -0.0167. The van der Waals surface area contributed by atoms with E-state index in [1.807, 2.05) is 6.07 Å². The van der Waals surface area contributed by atoms with Crippen LogP contribution in [0.25, 0.3) is 0 Å². The van der Waals surface area contributed by atoms with Crippen LogP contribution in [0.4, 0.5) is 0 Å². The van der Waals surface area contributed by atoms with Crippen molar-refractivity contribution < 1.29 is 14.3 Å². The summed E-state index contributed by atoms with van der Waals surface area (Å²) in [6.07, 6.45) is 0.592. The van der Waals surface area contributed by atoms with Gasteiger partial charge >= 0.3 is 5.97 Å². The Morgan fingerprint density at radius 3 is 2.50 bits per heavy atom. The maximum absolute atomic E-state index is 11.5. The maximum atomic E-state index is 11.5. The van der Waals surface area contributed by atoms with Gasteiger partial charge in [0, 0.05) is 16.5 Å². The lowest BCUT2D eigenvalue weighted by molar-refractivity contribution is 0.0600. The molecule has 0 unspecified atom stereocenters. The molecule has 3 nitrogen and oxygen atoms in total. The van der Waals surface area contributed by atoms with Gasteiger partial charge in [0.15, 0.2) is 0 Å². The van der Waals surface area contributed by atoms with Gasteiger partial charge in [-0.1, -0.05) is 40.9 Å². The molecule has 0 N–H and O–H groups in total. The van der Waals surface area contributed by atoms with Gasteiger partial charge in [-0.05, 0) is 35.9 Å². The second-order valence-corrected chi connectivity index (χ2v) is 5.72. The molecule has 0 amide bonds. The highest BCUT2D eigenvalue weighted by Gasteiger charge is 2.10. The molecule has 0 saturated heterocycles. The van der Waals surface area contributed by atoms with E-state index in [0.717, 1.165) is 5.56 Å². The summed E-state index contributed by atoms with van der Waals surface area (Å²) < 4.78 is 10.3. The Labute approximate surface area is 143 Å². The number of rotatable bonds is 5. The third kappa shape index (κ3) is 4.29. The van der Waals surface area contributed by atoms with E-state index in [4.69, 9.17) is 39.5 Å². The van der Waals surface area contributed by atoms with Gasteiger partial charge in [0.1, 0.15) is 5.75 Å². The molecule has 0 radical (unpaired) electrons. The minimum atomic E-state index is -0.442. The van der Waals surface area contributed by atoms with Gasteiger partial charge in [-0.25, -0.2) is 4.79 Å². The van der Waals surface area contributed by atoms with E-state index in [2.05, 4.69) is 4.74 Å². The second-order valence-electron chi connectivity index (χ2n) is 4.47. The normalized spacial score (nSPS) is 10.4. The molecule has 2 rings (SSSR count). The number of methoxy groups -OCH3 is 1. The zero-order chi connectivity index (χ0) is 16.1. The molecule has 0 bridgehead atoms. The van der Waals surface area contributed by atoms with Crippen molar-refractivity contribution in [1.82, 2.24) is 0 Å². The first-order chi connectivity index (χ1) is 10.5. The van der Waals surface area contributed by atoms with Crippen LogP contribution in [0.3, 0.4) is 0 Å². The van der Waals surface area contributed by atoms with E-state index in [-0.39, 0.29) is 0 Å². The predicted octanol–water partition coefficient (Wildman–Crippen LogP) is 5.05. The van der Waals surface area contributed by atoms with Crippen molar-refractivity contribution in [1.29, 1.82) is 0 Å². The molecular formula is C16H13Cl3O3. The van der Waals surface area contributed by atoms with Crippen LogP contribution >= 0.6 is 34.8 Å². The fourth-order valence-electron chi connectivity index (χ4n) is 1.85. The smallest absolute Gasteiger partial charge is 0.337 e. The number of hydrogen-bond acceptors (Lipinski definition) is 3. The highest BCUT2D eigenvalue weighted by Crippen LogP contribution is 2.27. The number of benzene rings is 2. The Balaban J connectivity index is 2.03. The van der Waals surface area contributed by atoms with Crippen LogP contribution in [0.15, 0.2) is 36.4 Å². The molecule has 0 heterocycles. The van der Waals surface area contributed by atoms with Crippen LogP contribution in [-0.2, 0) is 11.2 Å². The number of ether oxygens (including phenoxy) is 2. The van der Waals surface area contributed by atoms with E-state index < -0.39 is 5.97 Å². The Bertz CT molecular complexity index is 686. The Morgan fingerprint density at radius 2 is 1.82 bits per heavy atom. The largest absolute Gasteiger partial charge is 0.492 e. The van der Waals surface area contributed by atoms with Crippen molar-refractivity contribution in [2.24, 2.45) is 0 Å². The summed E-state index contributed by atoms with van der Waals surface area (Å²) >= 11 is 18.0. The van der Waals surface area contributed by atoms with Gasteiger partial charge in [-0.2, -0.15) is 0 Å². The van der Waals surface area contributed by atoms with Crippen molar-refractivity contribution in [2.75, 3.05) is 13.7 Å². The van der Waals surface area contributed by atoms with Crippen molar-refractivity contribution in [2.45, 2.75) is 6.42 Å². The molecule has 0 aliphatic carbocycles. The fourth-order valence-corrected chi connectivity index (χ4v) is 2.53. The zero-order valence-corrected chi connectivity index (χ0v) is 14.0. The number of esters is 1. The molecule has 22 heavy (non-hydrogen) atoms. The summed E-state index contributed by atoms with van der Waals surface area (Å²) in [5.41, 5.74) is 1.30. The number of hydrogen-bond donors (Lipinski definition) is 0. The molecule has 0 aliphatic heterocycles. The van der Waals surface area contributed by atoms with Crippen molar-refractivity contribution in [3.8, 4) is 5.75 Å². The fraction of sp³-hybridized carbons (Fsp3) is 0.188. The lowest BCUT2D eigenvalue weighted by Gasteiger charge is -2.10. The molecule has 116 valence electrons. The molecule has 0 fully saturated rings. The second kappa shape index (κ2) is 7.73. The van der Waals surface area contributed by atoms with Crippen LogP contribution in [0.1, 0.15) is 15.9 Å². The van der Waals surface area contributed by atoms with Crippen LogP contribution in [0.5, 0.6) is 5.75 Å². The van der Waals surface area contributed by atoms with Crippen molar-refractivity contribution >= 4 is 40.8 Å². The number of carbonyl (C=O) groups is 1. The highest BCUT2D eigenvalue weighted by atomic mass is 35.5. The van der Waals surface area contributed by atoms with E-state index in [0.29, 0.717) is 39.4 Å². The van der Waals surface area contributed by atoms with Crippen LogP contribution in [0.2, 0.25) is 15.1 Å². The van der Waals surface area contributed by atoms with Gasteiger partial charge < -0.3 is 9.47 Å². The molecule has 2 aromatic rings. The summed E-state index contributed by atoms with van der Waals surface area (Å²) in [7, 11) is 1.32. The predicted molar refractivity (Wildman–Crippen MR) is 88.5 cm³/mol. The Kier molecular flexibility index (Phi) is 5.95. The highest BCUT2D eigenvalue weighted by molar-refractivity contribution is 6.35. The molecule has 0 atom stereocenters. The van der Waals surface area contributed by atoms with Crippen molar-refractivity contribution in [3.05, 3.63) is 62.6 Å². The zero-order valence-electron chi connectivity index (χ0n) is 11.7. The van der Waals surface area contributed by atoms with Crippen molar-refractivity contribution in [3.63, 3.8) is 0 Å². The summed E-state index contributed by atoms with van der Waals surface area (Å²) in [6, 6.07) is 10.0. The van der Waals surface area contributed by atoms with E-state index in [9.17, 15) is 4.79 Å². The van der Waals surface area contributed by atoms with Crippen LogP contribution in [0, 0.1) is 0 Å². The van der Waals surface area contributed by atoms with Gasteiger partial charge in [0.05, 0.1) is 24.3 Å². The van der Waals surface area contributed by atoms with Gasteiger partial charge in [0.25, 0.3) is 0 Å².